The van der Waals surface area contributed by atoms with Gasteiger partial charge in [-0.2, -0.15) is 5.26 Å². The van der Waals surface area contributed by atoms with E-state index in [-0.39, 0.29) is 22.0 Å². The summed E-state index contributed by atoms with van der Waals surface area (Å²) in [7, 11) is -1.44. The van der Waals surface area contributed by atoms with E-state index in [4.69, 9.17) is 5.26 Å². The standard InChI is InChI=1S/C12H7F2N3OS/c1-19(18)12-16-6-9(11(5-15)17-12)8-3-2-7(13)4-10(8)14/h2-4,6H,1H3. The third-order valence-electron chi connectivity index (χ3n) is 2.35. The molecular weight excluding hydrogens is 272 g/mol. The van der Waals surface area contributed by atoms with E-state index < -0.39 is 22.4 Å². The zero-order valence-corrected chi connectivity index (χ0v) is 10.5. The summed E-state index contributed by atoms with van der Waals surface area (Å²) in [6.07, 6.45) is 2.58. The number of rotatable bonds is 2. The molecule has 1 heterocycles. The van der Waals surface area contributed by atoms with Gasteiger partial charge in [0, 0.05) is 29.6 Å². The lowest BCUT2D eigenvalue weighted by atomic mass is 10.1. The number of nitriles is 1. The van der Waals surface area contributed by atoms with Crippen molar-refractivity contribution in [1.82, 2.24) is 9.97 Å². The van der Waals surface area contributed by atoms with Gasteiger partial charge in [-0.15, -0.1) is 0 Å². The molecule has 1 aromatic carbocycles. The van der Waals surface area contributed by atoms with Crippen molar-refractivity contribution in [1.29, 1.82) is 5.26 Å². The van der Waals surface area contributed by atoms with E-state index in [1.165, 1.54) is 18.5 Å². The van der Waals surface area contributed by atoms with Crippen LogP contribution in [0.2, 0.25) is 0 Å². The summed E-state index contributed by atoms with van der Waals surface area (Å²) >= 11 is 0. The van der Waals surface area contributed by atoms with Gasteiger partial charge in [-0.25, -0.2) is 18.7 Å². The molecular formula is C12H7F2N3OS. The Balaban J connectivity index is 2.63. The molecule has 0 bridgehead atoms. The molecule has 0 saturated heterocycles. The van der Waals surface area contributed by atoms with E-state index >= 15 is 0 Å². The molecule has 0 aliphatic heterocycles. The minimum Gasteiger partial charge on any atom is -0.251 e. The lowest BCUT2D eigenvalue weighted by Gasteiger charge is -2.05. The van der Waals surface area contributed by atoms with Crippen molar-refractivity contribution >= 4 is 10.8 Å². The summed E-state index contributed by atoms with van der Waals surface area (Å²) in [5.41, 5.74) is 0.0475. The number of hydrogen-bond donors (Lipinski definition) is 0. The van der Waals surface area contributed by atoms with Crippen molar-refractivity contribution < 1.29 is 13.0 Å². The van der Waals surface area contributed by atoms with E-state index in [1.807, 2.05) is 0 Å². The smallest absolute Gasteiger partial charge is 0.219 e. The predicted octanol–water partition coefficient (Wildman–Crippen LogP) is 2.03. The fourth-order valence-electron chi connectivity index (χ4n) is 1.49. The second-order valence-electron chi connectivity index (χ2n) is 3.60. The molecule has 7 heteroatoms. The normalized spacial score (nSPS) is 11.9. The molecule has 1 unspecified atom stereocenters. The molecule has 0 saturated carbocycles. The Morgan fingerprint density at radius 2 is 2.05 bits per heavy atom. The summed E-state index contributed by atoms with van der Waals surface area (Å²) < 4.78 is 37.7. The second kappa shape index (κ2) is 5.20. The monoisotopic (exact) mass is 279 g/mol. The maximum absolute atomic E-state index is 13.6. The Labute approximate surface area is 110 Å². The van der Waals surface area contributed by atoms with Crippen molar-refractivity contribution in [3.63, 3.8) is 0 Å². The van der Waals surface area contributed by atoms with Crippen LogP contribution in [0, 0.1) is 23.0 Å². The highest BCUT2D eigenvalue weighted by Crippen LogP contribution is 2.25. The number of aromatic nitrogens is 2. The van der Waals surface area contributed by atoms with Gasteiger partial charge in [0.2, 0.25) is 5.16 Å². The first-order valence-electron chi connectivity index (χ1n) is 5.09. The summed E-state index contributed by atoms with van der Waals surface area (Å²) in [6.45, 7) is 0. The third kappa shape index (κ3) is 2.63. The van der Waals surface area contributed by atoms with Gasteiger partial charge >= 0.3 is 0 Å². The van der Waals surface area contributed by atoms with Gasteiger partial charge in [-0.05, 0) is 12.1 Å². The van der Waals surface area contributed by atoms with Gasteiger partial charge in [0.1, 0.15) is 17.7 Å². The first-order chi connectivity index (χ1) is 9.02. The van der Waals surface area contributed by atoms with Crippen molar-refractivity contribution in [3.8, 4) is 17.2 Å². The van der Waals surface area contributed by atoms with Crippen LogP contribution in [0.5, 0.6) is 0 Å². The summed E-state index contributed by atoms with van der Waals surface area (Å²) in [5, 5.41) is 8.98. The number of hydrogen-bond acceptors (Lipinski definition) is 4. The first-order valence-corrected chi connectivity index (χ1v) is 6.64. The maximum Gasteiger partial charge on any atom is 0.219 e. The van der Waals surface area contributed by atoms with Crippen LogP contribution in [0.3, 0.4) is 0 Å². The zero-order chi connectivity index (χ0) is 14.0. The van der Waals surface area contributed by atoms with Gasteiger partial charge < -0.3 is 0 Å². The first kappa shape index (κ1) is 13.2. The molecule has 0 N–H and O–H groups in total. The van der Waals surface area contributed by atoms with Crippen LogP contribution in [0.1, 0.15) is 5.69 Å². The van der Waals surface area contributed by atoms with E-state index in [9.17, 15) is 13.0 Å². The minimum atomic E-state index is -1.44. The Morgan fingerprint density at radius 3 is 2.63 bits per heavy atom. The summed E-state index contributed by atoms with van der Waals surface area (Å²) in [4.78, 5) is 7.60. The Bertz CT molecular complexity index is 713. The van der Waals surface area contributed by atoms with Gasteiger partial charge in [0.05, 0.1) is 10.8 Å². The fourth-order valence-corrected chi connectivity index (χ4v) is 1.92. The summed E-state index contributed by atoms with van der Waals surface area (Å²) in [6, 6.07) is 4.77. The Kier molecular flexibility index (Phi) is 3.62. The molecule has 0 aliphatic carbocycles. The van der Waals surface area contributed by atoms with Crippen molar-refractivity contribution in [3.05, 3.63) is 41.7 Å². The molecule has 0 radical (unpaired) electrons. The van der Waals surface area contributed by atoms with Crippen molar-refractivity contribution in [2.24, 2.45) is 0 Å². The van der Waals surface area contributed by atoms with Gasteiger partial charge in [-0.3, -0.25) is 4.21 Å². The number of halogens is 2. The van der Waals surface area contributed by atoms with Crippen molar-refractivity contribution in [2.75, 3.05) is 6.26 Å². The van der Waals surface area contributed by atoms with E-state index in [0.717, 1.165) is 6.07 Å². The SMILES string of the molecule is CS(=O)c1ncc(-c2ccc(F)cc2F)c(C#N)n1. The Hall–Kier alpha value is -2.20. The van der Waals surface area contributed by atoms with Crippen LogP contribution in [-0.4, -0.2) is 20.4 Å². The van der Waals surface area contributed by atoms with Crippen LogP contribution in [0.25, 0.3) is 11.1 Å². The van der Waals surface area contributed by atoms with E-state index in [1.54, 1.807) is 6.07 Å². The largest absolute Gasteiger partial charge is 0.251 e. The maximum atomic E-state index is 13.6. The van der Waals surface area contributed by atoms with E-state index in [2.05, 4.69) is 9.97 Å². The highest BCUT2D eigenvalue weighted by atomic mass is 32.2. The molecule has 96 valence electrons. The Morgan fingerprint density at radius 1 is 1.32 bits per heavy atom. The average molecular weight is 279 g/mol. The molecule has 0 aliphatic rings. The van der Waals surface area contributed by atoms with Crippen LogP contribution < -0.4 is 0 Å². The van der Waals surface area contributed by atoms with Crippen LogP contribution in [-0.2, 0) is 10.8 Å². The molecule has 0 fully saturated rings. The van der Waals surface area contributed by atoms with Crippen LogP contribution in [0.15, 0.2) is 29.6 Å². The minimum absolute atomic E-state index is 0.0113. The molecule has 4 nitrogen and oxygen atoms in total. The molecule has 0 amide bonds. The molecule has 2 rings (SSSR count). The zero-order valence-electron chi connectivity index (χ0n) is 9.72. The molecule has 1 atom stereocenters. The average Bonchev–Trinajstić information content (AvgIpc) is 2.38. The molecule has 1 aromatic heterocycles. The van der Waals surface area contributed by atoms with Gasteiger partial charge in [-0.1, -0.05) is 0 Å². The quantitative estimate of drug-likeness (QED) is 0.789. The predicted molar refractivity (Wildman–Crippen MR) is 64.4 cm³/mol. The highest BCUT2D eigenvalue weighted by Gasteiger charge is 2.14. The van der Waals surface area contributed by atoms with Crippen molar-refractivity contribution in [2.45, 2.75) is 5.16 Å². The topological polar surface area (TPSA) is 66.6 Å². The van der Waals surface area contributed by atoms with Gasteiger partial charge in [0.15, 0.2) is 5.69 Å². The van der Waals surface area contributed by atoms with E-state index in [0.29, 0.717) is 6.07 Å². The highest BCUT2D eigenvalue weighted by molar-refractivity contribution is 7.84. The lowest BCUT2D eigenvalue weighted by Crippen LogP contribution is -2.01. The lowest BCUT2D eigenvalue weighted by molar-refractivity contribution is 0.585. The second-order valence-corrected chi connectivity index (χ2v) is 4.88. The fraction of sp³-hybridized carbons (Fsp3) is 0.0833. The van der Waals surface area contributed by atoms with Crippen LogP contribution >= 0.6 is 0 Å². The third-order valence-corrected chi connectivity index (χ3v) is 3.06. The number of benzene rings is 1. The summed E-state index contributed by atoms with van der Waals surface area (Å²) in [5.74, 6) is -1.53. The number of nitrogens with zero attached hydrogens (tertiary/aromatic N) is 3. The van der Waals surface area contributed by atoms with Gasteiger partial charge in [0.25, 0.3) is 0 Å². The van der Waals surface area contributed by atoms with Crippen LogP contribution in [0.4, 0.5) is 8.78 Å². The molecule has 2 aromatic rings. The molecule has 19 heavy (non-hydrogen) atoms. The molecule has 0 spiro atoms.